The van der Waals surface area contributed by atoms with Crippen LogP contribution in [-0.4, -0.2) is 0 Å². The third kappa shape index (κ3) is 0.622. The molecule has 3 atom stereocenters. The van der Waals surface area contributed by atoms with E-state index in [0.29, 0.717) is 0 Å². The summed E-state index contributed by atoms with van der Waals surface area (Å²) < 4.78 is 0. The van der Waals surface area contributed by atoms with Crippen LogP contribution in [0.5, 0.6) is 0 Å². The molecule has 3 unspecified atom stereocenters. The van der Waals surface area contributed by atoms with Gasteiger partial charge in [-0.05, 0) is 30.6 Å². The largest absolute Gasteiger partial charge is 0.103 e. The Morgan fingerprint density at radius 3 is 2.90 bits per heavy atom. The average molecular weight is 134 g/mol. The molecule has 2 rings (SSSR count). The van der Waals surface area contributed by atoms with Crippen LogP contribution in [0, 0.1) is 17.8 Å². The summed E-state index contributed by atoms with van der Waals surface area (Å²) in [7, 11) is 0. The van der Waals surface area contributed by atoms with Crippen molar-refractivity contribution in [3.05, 3.63) is 24.3 Å². The van der Waals surface area contributed by atoms with E-state index >= 15 is 0 Å². The van der Waals surface area contributed by atoms with E-state index in [-0.39, 0.29) is 0 Å². The van der Waals surface area contributed by atoms with Gasteiger partial charge in [0.2, 0.25) is 0 Å². The van der Waals surface area contributed by atoms with Gasteiger partial charge in [-0.2, -0.15) is 0 Å². The maximum absolute atomic E-state index is 3.88. The molecule has 2 aliphatic carbocycles. The highest BCUT2D eigenvalue weighted by Gasteiger charge is 2.37. The lowest BCUT2D eigenvalue weighted by atomic mass is 9.85. The Kier molecular flexibility index (Phi) is 1.23. The van der Waals surface area contributed by atoms with Gasteiger partial charge in [-0.25, -0.2) is 0 Å². The van der Waals surface area contributed by atoms with Crippen molar-refractivity contribution in [1.82, 2.24) is 0 Å². The number of rotatable bonds is 1. The molecule has 0 spiro atoms. The molecular weight excluding hydrogens is 120 g/mol. The van der Waals surface area contributed by atoms with E-state index in [2.05, 4.69) is 25.7 Å². The molecule has 10 heavy (non-hydrogen) atoms. The maximum Gasteiger partial charge on any atom is -0.0139 e. The van der Waals surface area contributed by atoms with Gasteiger partial charge in [-0.3, -0.25) is 0 Å². The fourth-order valence-electron chi connectivity index (χ4n) is 2.49. The van der Waals surface area contributed by atoms with Crippen molar-refractivity contribution in [2.45, 2.75) is 19.8 Å². The molecular formula is C10H14. The van der Waals surface area contributed by atoms with Crippen LogP contribution >= 0.6 is 0 Å². The summed E-state index contributed by atoms with van der Waals surface area (Å²) in [5.74, 6) is 2.51. The minimum atomic E-state index is 0.792. The van der Waals surface area contributed by atoms with Crippen LogP contribution < -0.4 is 0 Å². The van der Waals surface area contributed by atoms with E-state index in [1.54, 1.807) is 5.57 Å². The molecule has 0 N–H and O–H groups in total. The van der Waals surface area contributed by atoms with Gasteiger partial charge in [0.1, 0.15) is 0 Å². The predicted octanol–water partition coefficient (Wildman–Crippen LogP) is 2.77. The van der Waals surface area contributed by atoms with Gasteiger partial charge < -0.3 is 0 Å². The van der Waals surface area contributed by atoms with Gasteiger partial charge in [0.25, 0.3) is 0 Å². The van der Waals surface area contributed by atoms with E-state index in [9.17, 15) is 0 Å². The van der Waals surface area contributed by atoms with Gasteiger partial charge >= 0.3 is 0 Å². The van der Waals surface area contributed by atoms with Gasteiger partial charge in [-0.1, -0.05) is 24.6 Å². The second-order valence-electron chi connectivity index (χ2n) is 3.58. The van der Waals surface area contributed by atoms with E-state index in [1.165, 1.54) is 12.8 Å². The molecule has 0 aromatic carbocycles. The Morgan fingerprint density at radius 1 is 1.70 bits per heavy atom. The highest BCUT2D eigenvalue weighted by molar-refractivity contribution is 5.24. The lowest BCUT2D eigenvalue weighted by Gasteiger charge is -2.20. The van der Waals surface area contributed by atoms with Gasteiger partial charge in [-0.15, -0.1) is 6.58 Å². The van der Waals surface area contributed by atoms with Crippen molar-refractivity contribution in [3.8, 4) is 0 Å². The molecule has 2 bridgehead atoms. The zero-order chi connectivity index (χ0) is 7.14. The molecule has 1 saturated carbocycles. The first kappa shape index (κ1) is 6.21. The third-order valence-electron chi connectivity index (χ3n) is 3.16. The fourth-order valence-corrected chi connectivity index (χ4v) is 2.49. The Labute approximate surface area is 62.6 Å². The third-order valence-corrected chi connectivity index (χ3v) is 3.16. The monoisotopic (exact) mass is 134 g/mol. The van der Waals surface area contributed by atoms with Gasteiger partial charge in [0.05, 0.1) is 0 Å². The number of hydrogen-bond acceptors (Lipinski definition) is 0. The highest BCUT2D eigenvalue weighted by atomic mass is 14.4. The quantitative estimate of drug-likeness (QED) is 0.484. The number of hydrogen-bond donors (Lipinski definition) is 0. The molecule has 0 aromatic heterocycles. The topological polar surface area (TPSA) is 0 Å². The molecule has 0 heterocycles. The minimum Gasteiger partial charge on any atom is -0.103 e. The second kappa shape index (κ2) is 1.98. The summed E-state index contributed by atoms with van der Waals surface area (Å²) in [6, 6.07) is 0. The standard InChI is InChI=1S/C10H14/c1-3-10-7(2)8-4-5-9(10)6-8/h3-4,7,9-10H,1,5-6H2,2H3. The first-order valence-electron chi connectivity index (χ1n) is 4.14. The first-order chi connectivity index (χ1) is 4.83. The van der Waals surface area contributed by atoms with Crippen molar-refractivity contribution in [3.63, 3.8) is 0 Å². The summed E-state index contributed by atoms with van der Waals surface area (Å²) in [5, 5.41) is 0. The lowest BCUT2D eigenvalue weighted by Crippen LogP contribution is -2.12. The number of allylic oxidation sites excluding steroid dienone is 3. The molecule has 0 radical (unpaired) electrons. The molecule has 0 aliphatic heterocycles. The lowest BCUT2D eigenvalue weighted by molar-refractivity contribution is 0.400. The van der Waals surface area contributed by atoms with Crippen LogP contribution in [0.2, 0.25) is 0 Å². The summed E-state index contributed by atoms with van der Waals surface area (Å²) in [5.41, 5.74) is 1.69. The SMILES string of the molecule is C=CC1C2CC=C(C2)C1C. The van der Waals surface area contributed by atoms with E-state index in [0.717, 1.165) is 17.8 Å². The molecule has 0 saturated heterocycles. The van der Waals surface area contributed by atoms with Crippen LogP contribution in [0.25, 0.3) is 0 Å². The van der Waals surface area contributed by atoms with Crippen LogP contribution in [-0.2, 0) is 0 Å². The smallest absolute Gasteiger partial charge is 0.0139 e. The normalized spacial score (nSPS) is 43.7. The van der Waals surface area contributed by atoms with Crippen molar-refractivity contribution < 1.29 is 0 Å². The number of fused-ring (bicyclic) bond motifs is 2. The second-order valence-corrected chi connectivity index (χ2v) is 3.58. The molecule has 0 heteroatoms. The van der Waals surface area contributed by atoms with E-state index in [4.69, 9.17) is 0 Å². The van der Waals surface area contributed by atoms with E-state index < -0.39 is 0 Å². The van der Waals surface area contributed by atoms with Crippen molar-refractivity contribution >= 4 is 0 Å². The molecule has 0 nitrogen and oxygen atoms in total. The summed E-state index contributed by atoms with van der Waals surface area (Å²) >= 11 is 0. The molecule has 1 fully saturated rings. The van der Waals surface area contributed by atoms with Crippen molar-refractivity contribution in [2.24, 2.45) is 17.8 Å². The van der Waals surface area contributed by atoms with E-state index in [1.807, 2.05) is 0 Å². The van der Waals surface area contributed by atoms with Gasteiger partial charge in [0.15, 0.2) is 0 Å². The fraction of sp³-hybridized carbons (Fsp3) is 0.600. The van der Waals surface area contributed by atoms with Gasteiger partial charge in [0, 0.05) is 0 Å². The Bertz CT molecular complexity index is 188. The van der Waals surface area contributed by atoms with Crippen LogP contribution in [0.15, 0.2) is 24.3 Å². The predicted molar refractivity (Wildman–Crippen MR) is 43.7 cm³/mol. The highest BCUT2D eigenvalue weighted by Crippen LogP contribution is 2.48. The molecule has 0 aromatic rings. The zero-order valence-electron chi connectivity index (χ0n) is 6.51. The average Bonchev–Trinajstić information content (AvgIpc) is 2.46. The Hall–Kier alpha value is -0.520. The maximum atomic E-state index is 3.88. The van der Waals surface area contributed by atoms with Crippen LogP contribution in [0.1, 0.15) is 19.8 Å². The summed E-state index contributed by atoms with van der Waals surface area (Å²) in [6.45, 7) is 6.22. The van der Waals surface area contributed by atoms with Crippen LogP contribution in [0.4, 0.5) is 0 Å². The van der Waals surface area contributed by atoms with Crippen LogP contribution in [0.3, 0.4) is 0 Å². The molecule has 54 valence electrons. The Morgan fingerprint density at radius 2 is 2.50 bits per heavy atom. The van der Waals surface area contributed by atoms with Crippen molar-refractivity contribution in [2.75, 3.05) is 0 Å². The zero-order valence-corrected chi connectivity index (χ0v) is 6.51. The Balaban J connectivity index is 2.27. The molecule has 0 amide bonds. The summed E-state index contributed by atoms with van der Waals surface area (Å²) in [4.78, 5) is 0. The first-order valence-corrected chi connectivity index (χ1v) is 4.14. The molecule has 2 aliphatic rings. The van der Waals surface area contributed by atoms with Crippen molar-refractivity contribution in [1.29, 1.82) is 0 Å². The minimum absolute atomic E-state index is 0.792. The summed E-state index contributed by atoms with van der Waals surface area (Å²) in [6.07, 6.45) is 7.25.